The smallest absolute Gasteiger partial charge is 0.0718 e. The van der Waals surface area contributed by atoms with Crippen LogP contribution < -0.4 is 0 Å². The van der Waals surface area contributed by atoms with Gasteiger partial charge in [0.25, 0.3) is 0 Å². The molecule has 0 aliphatic heterocycles. The van der Waals surface area contributed by atoms with E-state index in [4.69, 9.17) is 0 Å². The van der Waals surface area contributed by atoms with E-state index in [0.717, 1.165) is 19.3 Å². The summed E-state index contributed by atoms with van der Waals surface area (Å²) in [5, 5.41) is 10.2. The fourth-order valence-electron chi connectivity index (χ4n) is 2.28. The van der Waals surface area contributed by atoms with Gasteiger partial charge in [-0.1, -0.05) is 50.7 Å². The lowest BCUT2D eigenvalue weighted by molar-refractivity contribution is 0.0406. The van der Waals surface area contributed by atoms with Crippen LogP contribution in [-0.2, 0) is 0 Å². The second kappa shape index (κ2) is 5.55. The Morgan fingerprint density at radius 1 is 1.29 bits per heavy atom. The summed E-state index contributed by atoms with van der Waals surface area (Å²) in [6, 6.07) is 0. The quantitative estimate of drug-likeness (QED) is 0.506. The monoisotopic (exact) mass is 196 g/mol. The van der Waals surface area contributed by atoms with Gasteiger partial charge in [-0.25, -0.2) is 0 Å². The average Bonchev–Trinajstić information content (AvgIpc) is 2.47. The largest absolute Gasteiger partial charge is 0.389 e. The molecule has 0 spiro atoms. The average molecular weight is 196 g/mol. The van der Waals surface area contributed by atoms with Crippen LogP contribution in [0.4, 0.5) is 0 Å². The first-order chi connectivity index (χ1) is 6.66. The number of aliphatic hydroxyl groups is 1. The van der Waals surface area contributed by atoms with Gasteiger partial charge in [-0.3, -0.25) is 0 Å². The molecule has 0 aromatic heterocycles. The molecule has 0 saturated carbocycles. The summed E-state index contributed by atoms with van der Waals surface area (Å²) in [5.74, 6) is 0. The lowest BCUT2D eigenvalue weighted by atomic mass is 9.92. The molecule has 1 aliphatic carbocycles. The van der Waals surface area contributed by atoms with Crippen LogP contribution >= 0.6 is 0 Å². The van der Waals surface area contributed by atoms with Crippen LogP contribution in [0.3, 0.4) is 0 Å². The number of hydrogen-bond acceptors (Lipinski definition) is 1. The molecule has 0 fully saturated rings. The molecule has 0 heterocycles. The lowest BCUT2D eigenvalue weighted by Crippen LogP contribution is -2.24. The summed E-state index contributed by atoms with van der Waals surface area (Å²) in [5.41, 5.74) is 0.983. The van der Waals surface area contributed by atoms with E-state index >= 15 is 0 Å². The fourth-order valence-corrected chi connectivity index (χ4v) is 2.28. The van der Waals surface area contributed by atoms with E-state index in [0.29, 0.717) is 0 Å². The Hall–Kier alpha value is -0.300. The Morgan fingerprint density at radius 2 is 2.00 bits per heavy atom. The molecule has 1 atom stereocenters. The zero-order valence-electron chi connectivity index (χ0n) is 9.68. The molecule has 0 bridgehead atoms. The summed E-state index contributed by atoms with van der Waals surface area (Å²) in [4.78, 5) is 0. The number of hydrogen-bond donors (Lipinski definition) is 1. The van der Waals surface area contributed by atoms with Crippen molar-refractivity contribution in [1.82, 2.24) is 0 Å². The summed E-state index contributed by atoms with van der Waals surface area (Å²) < 4.78 is 0. The molecule has 0 aromatic carbocycles. The standard InChI is InChI=1S/C13H24O/c1-3-4-5-6-7-9-13(14)10-8-12(2)11-13/h8,14H,3-7,9-11H2,1-2H3. The second-order valence-electron chi connectivity index (χ2n) is 4.82. The first-order valence-electron chi connectivity index (χ1n) is 6.04. The van der Waals surface area contributed by atoms with Crippen molar-refractivity contribution in [2.45, 2.75) is 70.8 Å². The van der Waals surface area contributed by atoms with Crippen molar-refractivity contribution in [3.8, 4) is 0 Å². The first kappa shape index (κ1) is 11.8. The van der Waals surface area contributed by atoms with Crippen molar-refractivity contribution in [2.24, 2.45) is 0 Å². The van der Waals surface area contributed by atoms with E-state index in [1.54, 1.807) is 0 Å². The normalized spacial score (nSPS) is 26.6. The minimum Gasteiger partial charge on any atom is -0.389 e. The van der Waals surface area contributed by atoms with Crippen LogP contribution in [0.25, 0.3) is 0 Å². The van der Waals surface area contributed by atoms with E-state index in [9.17, 15) is 5.11 Å². The molecule has 0 amide bonds. The van der Waals surface area contributed by atoms with Crippen LogP contribution in [0.2, 0.25) is 0 Å². The first-order valence-corrected chi connectivity index (χ1v) is 6.04. The predicted octanol–water partition coefficient (Wildman–Crippen LogP) is 3.82. The molecule has 1 rings (SSSR count). The molecule has 0 radical (unpaired) electrons. The molecule has 1 N–H and O–H groups in total. The number of rotatable bonds is 6. The highest BCUT2D eigenvalue weighted by Gasteiger charge is 2.29. The predicted molar refractivity (Wildman–Crippen MR) is 61.3 cm³/mol. The van der Waals surface area contributed by atoms with Crippen LogP contribution in [0.15, 0.2) is 11.6 Å². The van der Waals surface area contributed by atoms with Crippen molar-refractivity contribution in [1.29, 1.82) is 0 Å². The third kappa shape index (κ3) is 3.83. The summed E-state index contributed by atoms with van der Waals surface area (Å²) in [6.07, 6.45) is 11.4. The molecule has 1 heteroatoms. The third-order valence-electron chi connectivity index (χ3n) is 3.18. The summed E-state index contributed by atoms with van der Waals surface area (Å²) >= 11 is 0. The molecular formula is C13H24O. The SMILES string of the molecule is CCCCCCCC1(O)CC=C(C)C1. The van der Waals surface area contributed by atoms with Gasteiger partial charge in [0.1, 0.15) is 0 Å². The van der Waals surface area contributed by atoms with Gasteiger partial charge in [-0.05, 0) is 26.2 Å². The molecule has 0 aromatic rings. The van der Waals surface area contributed by atoms with Gasteiger partial charge in [0.15, 0.2) is 0 Å². The zero-order chi connectivity index (χ0) is 10.4. The maximum absolute atomic E-state index is 10.2. The Morgan fingerprint density at radius 3 is 2.57 bits per heavy atom. The van der Waals surface area contributed by atoms with Gasteiger partial charge in [0, 0.05) is 0 Å². The van der Waals surface area contributed by atoms with Gasteiger partial charge < -0.3 is 5.11 Å². The van der Waals surface area contributed by atoms with Gasteiger partial charge in [-0.2, -0.15) is 0 Å². The van der Waals surface area contributed by atoms with Gasteiger partial charge >= 0.3 is 0 Å². The van der Waals surface area contributed by atoms with E-state index < -0.39 is 0 Å². The van der Waals surface area contributed by atoms with Crippen molar-refractivity contribution in [3.05, 3.63) is 11.6 Å². The Balaban J connectivity index is 2.07. The van der Waals surface area contributed by atoms with E-state index in [-0.39, 0.29) is 5.60 Å². The van der Waals surface area contributed by atoms with Crippen LogP contribution in [-0.4, -0.2) is 10.7 Å². The van der Waals surface area contributed by atoms with E-state index in [1.807, 2.05) is 0 Å². The highest BCUT2D eigenvalue weighted by atomic mass is 16.3. The molecule has 82 valence electrons. The third-order valence-corrected chi connectivity index (χ3v) is 3.18. The highest BCUT2D eigenvalue weighted by Crippen LogP contribution is 2.33. The highest BCUT2D eigenvalue weighted by molar-refractivity contribution is 5.13. The summed E-state index contributed by atoms with van der Waals surface area (Å²) in [7, 11) is 0. The topological polar surface area (TPSA) is 20.2 Å². The fraction of sp³-hybridized carbons (Fsp3) is 0.846. The van der Waals surface area contributed by atoms with E-state index in [2.05, 4.69) is 19.9 Å². The zero-order valence-corrected chi connectivity index (χ0v) is 9.68. The minimum absolute atomic E-state index is 0.379. The van der Waals surface area contributed by atoms with Crippen molar-refractivity contribution in [2.75, 3.05) is 0 Å². The van der Waals surface area contributed by atoms with Gasteiger partial charge in [0.2, 0.25) is 0 Å². The van der Waals surface area contributed by atoms with Crippen LogP contribution in [0.1, 0.15) is 65.2 Å². The van der Waals surface area contributed by atoms with E-state index in [1.165, 1.54) is 37.7 Å². The molecule has 1 aliphatic rings. The van der Waals surface area contributed by atoms with Gasteiger partial charge in [0.05, 0.1) is 5.60 Å². The van der Waals surface area contributed by atoms with Crippen LogP contribution in [0, 0.1) is 0 Å². The molecular weight excluding hydrogens is 172 g/mol. The van der Waals surface area contributed by atoms with Crippen molar-refractivity contribution >= 4 is 0 Å². The van der Waals surface area contributed by atoms with Crippen LogP contribution in [0.5, 0.6) is 0 Å². The van der Waals surface area contributed by atoms with Crippen molar-refractivity contribution < 1.29 is 5.11 Å². The molecule has 1 unspecified atom stereocenters. The van der Waals surface area contributed by atoms with Crippen molar-refractivity contribution in [3.63, 3.8) is 0 Å². The second-order valence-corrected chi connectivity index (χ2v) is 4.82. The Labute approximate surface area is 88.2 Å². The minimum atomic E-state index is -0.379. The molecule has 0 saturated heterocycles. The molecule has 14 heavy (non-hydrogen) atoms. The van der Waals surface area contributed by atoms with Gasteiger partial charge in [-0.15, -0.1) is 0 Å². The maximum atomic E-state index is 10.2. The Kier molecular flexibility index (Phi) is 4.67. The maximum Gasteiger partial charge on any atom is 0.0718 e. The lowest BCUT2D eigenvalue weighted by Gasteiger charge is -2.22. The summed E-state index contributed by atoms with van der Waals surface area (Å²) in [6.45, 7) is 4.35. The Bertz CT molecular complexity index is 195. The molecule has 1 nitrogen and oxygen atoms in total. The number of unbranched alkanes of at least 4 members (excludes halogenated alkanes) is 4.